The SMILES string of the molecule is Cc1ccccc1C(NC(=O)CNC(=O)OC(C)(C)C)Oc1cccnc1[N+](=O)[O-]. The molecule has 2 rings (SSSR count). The van der Waals surface area contributed by atoms with Crippen LogP contribution in [0.15, 0.2) is 42.6 Å². The number of alkyl carbamates (subject to hydrolysis) is 1. The highest BCUT2D eigenvalue weighted by Crippen LogP contribution is 2.28. The second-order valence-electron chi connectivity index (χ2n) is 7.36. The monoisotopic (exact) mass is 416 g/mol. The molecule has 160 valence electrons. The van der Waals surface area contributed by atoms with E-state index in [1.807, 2.05) is 19.1 Å². The van der Waals surface area contributed by atoms with E-state index in [4.69, 9.17) is 9.47 Å². The summed E-state index contributed by atoms with van der Waals surface area (Å²) in [5.41, 5.74) is 0.697. The van der Waals surface area contributed by atoms with E-state index >= 15 is 0 Å². The van der Waals surface area contributed by atoms with Crippen molar-refractivity contribution in [3.63, 3.8) is 0 Å². The number of nitrogens with zero attached hydrogens (tertiary/aromatic N) is 2. The Bertz CT molecular complexity index is 926. The average Bonchev–Trinajstić information content (AvgIpc) is 2.65. The lowest BCUT2D eigenvalue weighted by atomic mass is 10.1. The van der Waals surface area contributed by atoms with Crippen molar-refractivity contribution < 1.29 is 24.0 Å². The third kappa shape index (κ3) is 6.73. The quantitative estimate of drug-likeness (QED) is 0.403. The van der Waals surface area contributed by atoms with Gasteiger partial charge in [-0.2, -0.15) is 0 Å². The molecule has 0 aliphatic rings. The van der Waals surface area contributed by atoms with Crippen LogP contribution in [0.1, 0.15) is 38.1 Å². The molecular weight excluding hydrogens is 392 g/mol. The number of hydrogen-bond acceptors (Lipinski definition) is 7. The molecule has 2 amide bonds. The number of amides is 2. The lowest BCUT2D eigenvalue weighted by Gasteiger charge is -2.23. The van der Waals surface area contributed by atoms with Crippen LogP contribution in [0.2, 0.25) is 0 Å². The zero-order chi connectivity index (χ0) is 22.3. The fraction of sp³-hybridized carbons (Fsp3) is 0.350. The molecule has 10 nitrogen and oxygen atoms in total. The Kier molecular flexibility index (Phi) is 7.29. The number of aromatic nitrogens is 1. The van der Waals surface area contributed by atoms with Crippen LogP contribution >= 0.6 is 0 Å². The Morgan fingerprint density at radius 1 is 1.20 bits per heavy atom. The Morgan fingerprint density at radius 2 is 1.90 bits per heavy atom. The van der Waals surface area contributed by atoms with Gasteiger partial charge in [-0.05, 0) is 55.3 Å². The predicted octanol–water partition coefficient (Wildman–Crippen LogP) is 3.02. The van der Waals surface area contributed by atoms with Crippen LogP contribution in [0, 0.1) is 17.0 Å². The molecule has 1 heterocycles. The number of aryl methyl sites for hydroxylation is 1. The first-order chi connectivity index (χ1) is 14.1. The van der Waals surface area contributed by atoms with Crippen molar-refractivity contribution >= 4 is 17.8 Å². The summed E-state index contributed by atoms with van der Waals surface area (Å²) in [7, 11) is 0. The summed E-state index contributed by atoms with van der Waals surface area (Å²) in [5, 5.41) is 16.2. The highest BCUT2D eigenvalue weighted by molar-refractivity contribution is 5.82. The maximum absolute atomic E-state index is 12.4. The third-order valence-corrected chi connectivity index (χ3v) is 3.72. The molecule has 2 N–H and O–H groups in total. The third-order valence-electron chi connectivity index (χ3n) is 3.72. The van der Waals surface area contributed by atoms with Gasteiger partial charge in [0.15, 0.2) is 6.23 Å². The van der Waals surface area contributed by atoms with E-state index in [0.29, 0.717) is 5.56 Å². The van der Waals surface area contributed by atoms with Crippen LogP contribution < -0.4 is 15.4 Å². The number of pyridine rings is 1. The standard InChI is InChI=1S/C20H24N4O6/c1-13-8-5-6-9-14(13)18(29-15-10-7-11-21-17(15)24(27)28)23-16(25)12-22-19(26)30-20(2,3)4/h5-11,18H,12H2,1-4H3,(H,22,26)(H,23,25). The molecular formula is C20H24N4O6. The topological polar surface area (TPSA) is 133 Å². The van der Waals surface area contributed by atoms with E-state index in [9.17, 15) is 19.7 Å². The van der Waals surface area contributed by atoms with Crippen molar-refractivity contribution in [1.29, 1.82) is 0 Å². The number of carbonyl (C=O) groups is 2. The summed E-state index contributed by atoms with van der Waals surface area (Å²) in [4.78, 5) is 38.4. The van der Waals surface area contributed by atoms with Gasteiger partial charge in [-0.3, -0.25) is 4.79 Å². The molecule has 0 aliphatic heterocycles. The van der Waals surface area contributed by atoms with Gasteiger partial charge in [0.2, 0.25) is 11.7 Å². The van der Waals surface area contributed by atoms with Gasteiger partial charge >= 0.3 is 11.9 Å². The molecule has 1 aromatic carbocycles. The van der Waals surface area contributed by atoms with Crippen molar-refractivity contribution in [3.05, 3.63) is 63.8 Å². The number of rotatable bonds is 7. The number of nitro groups is 1. The van der Waals surface area contributed by atoms with Crippen LogP contribution in [-0.2, 0) is 9.53 Å². The lowest BCUT2D eigenvalue weighted by molar-refractivity contribution is -0.390. The normalized spacial score (nSPS) is 11.9. The second-order valence-corrected chi connectivity index (χ2v) is 7.36. The van der Waals surface area contributed by atoms with Crippen molar-refractivity contribution in [2.24, 2.45) is 0 Å². The summed E-state index contributed by atoms with van der Waals surface area (Å²) in [6.45, 7) is 6.56. The molecule has 0 radical (unpaired) electrons. The molecule has 0 spiro atoms. The first-order valence-corrected chi connectivity index (χ1v) is 9.14. The van der Waals surface area contributed by atoms with E-state index in [-0.39, 0.29) is 12.3 Å². The summed E-state index contributed by atoms with van der Waals surface area (Å²) in [5.74, 6) is -1.14. The number of nitrogens with one attached hydrogen (secondary N) is 2. The molecule has 0 saturated carbocycles. The van der Waals surface area contributed by atoms with Crippen molar-refractivity contribution in [1.82, 2.24) is 15.6 Å². The smallest absolute Gasteiger partial charge is 0.408 e. The number of carbonyl (C=O) groups excluding carboxylic acids is 2. The van der Waals surface area contributed by atoms with Gasteiger partial charge in [0.05, 0.1) is 0 Å². The molecule has 0 aliphatic carbocycles. The van der Waals surface area contributed by atoms with Crippen LogP contribution in [-0.4, -0.2) is 34.1 Å². The molecule has 1 unspecified atom stereocenters. The van der Waals surface area contributed by atoms with Crippen LogP contribution in [0.4, 0.5) is 10.6 Å². The van der Waals surface area contributed by atoms with E-state index in [2.05, 4.69) is 15.6 Å². The lowest BCUT2D eigenvalue weighted by Crippen LogP contribution is -2.42. The molecule has 1 atom stereocenters. The zero-order valence-electron chi connectivity index (χ0n) is 17.2. The summed E-state index contributed by atoms with van der Waals surface area (Å²) >= 11 is 0. The minimum atomic E-state index is -1.04. The number of benzene rings is 1. The number of ether oxygens (including phenoxy) is 2. The van der Waals surface area contributed by atoms with Gasteiger partial charge in [-0.15, -0.1) is 0 Å². The highest BCUT2D eigenvalue weighted by Gasteiger charge is 2.24. The zero-order valence-corrected chi connectivity index (χ0v) is 17.2. The molecule has 0 fully saturated rings. The highest BCUT2D eigenvalue weighted by atomic mass is 16.6. The van der Waals surface area contributed by atoms with E-state index in [0.717, 1.165) is 5.56 Å². The van der Waals surface area contributed by atoms with Gasteiger partial charge in [0, 0.05) is 5.56 Å². The van der Waals surface area contributed by atoms with E-state index in [1.165, 1.54) is 18.3 Å². The summed E-state index contributed by atoms with van der Waals surface area (Å²) < 4.78 is 10.8. The Morgan fingerprint density at radius 3 is 2.53 bits per heavy atom. The van der Waals surface area contributed by atoms with Crippen LogP contribution in [0.25, 0.3) is 0 Å². The molecule has 1 aromatic heterocycles. The van der Waals surface area contributed by atoms with Crippen molar-refractivity contribution in [3.8, 4) is 5.75 Å². The minimum Gasteiger partial charge on any atom is -0.457 e. The predicted molar refractivity (Wildman–Crippen MR) is 108 cm³/mol. The van der Waals surface area contributed by atoms with E-state index < -0.39 is 34.6 Å². The molecule has 2 aromatic rings. The molecule has 10 heteroatoms. The first-order valence-electron chi connectivity index (χ1n) is 9.14. The van der Waals surface area contributed by atoms with Crippen molar-refractivity contribution in [2.45, 2.75) is 39.5 Å². The van der Waals surface area contributed by atoms with Gasteiger partial charge < -0.3 is 30.2 Å². The summed E-state index contributed by atoms with van der Waals surface area (Å²) in [6, 6.07) is 9.98. The Labute approximate surface area is 173 Å². The largest absolute Gasteiger partial charge is 0.457 e. The first kappa shape index (κ1) is 22.6. The van der Waals surface area contributed by atoms with E-state index in [1.54, 1.807) is 32.9 Å². The Balaban J connectivity index is 2.18. The maximum Gasteiger partial charge on any atom is 0.408 e. The average molecular weight is 416 g/mol. The fourth-order valence-electron chi connectivity index (χ4n) is 2.45. The summed E-state index contributed by atoms with van der Waals surface area (Å²) in [6.07, 6.45) is -0.507. The van der Waals surface area contributed by atoms with Gasteiger partial charge in [-0.1, -0.05) is 24.3 Å². The van der Waals surface area contributed by atoms with Gasteiger partial charge in [0.25, 0.3) is 0 Å². The molecule has 0 saturated heterocycles. The maximum atomic E-state index is 12.4. The second kappa shape index (κ2) is 9.68. The number of hydrogen-bond donors (Lipinski definition) is 2. The van der Waals surface area contributed by atoms with Gasteiger partial charge in [0.1, 0.15) is 18.3 Å². The van der Waals surface area contributed by atoms with Crippen LogP contribution in [0.5, 0.6) is 5.75 Å². The molecule has 0 bridgehead atoms. The van der Waals surface area contributed by atoms with Crippen molar-refractivity contribution in [2.75, 3.05) is 6.54 Å². The molecule has 30 heavy (non-hydrogen) atoms. The fourth-order valence-corrected chi connectivity index (χ4v) is 2.45. The minimum absolute atomic E-state index is 0.101. The van der Waals surface area contributed by atoms with Gasteiger partial charge in [-0.25, -0.2) is 4.79 Å². The Hall–Kier alpha value is -3.69. The van der Waals surface area contributed by atoms with Crippen LogP contribution in [0.3, 0.4) is 0 Å².